The average Bonchev–Trinajstić information content (AvgIpc) is 3.58. The highest BCUT2D eigenvalue weighted by Gasteiger charge is 2.67. The van der Waals surface area contributed by atoms with Crippen molar-refractivity contribution in [1.29, 1.82) is 0 Å². The molecule has 10 nitrogen and oxygen atoms in total. The van der Waals surface area contributed by atoms with Gasteiger partial charge in [0, 0.05) is 41.2 Å². The van der Waals surface area contributed by atoms with Crippen molar-refractivity contribution in [3.8, 4) is 11.6 Å². The molecule has 0 bridgehead atoms. The minimum absolute atomic E-state index is 0.0352. The molecule has 0 spiro atoms. The van der Waals surface area contributed by atoms with Crippen molar-refractivity contribution in [2.24, 2.45) is 11.8 Å². The first-order valence-electron chi connectivity index (χ1n) is 19.7. The molecule has 4 atom stereocenters. The van der Waals surface area contributed by atoms with Crippen molar-refractivity contribution in [3.05, 3.63) is 119 Å². The lowest BCUT2D eigenvalue weighted by molar-refractivity contribution is -0.0480. The summed E-state index contributed by atoms with van der Waals surface area (Å²) >= 11 is 0. The number of ether oxygens (including phenoxy) is 2. The number of fused-ring (bicyclic) bond motifs is 5. The zero-order chi connectivity index (χ0) is 41.2. The molecule has 0 amide bonds. The van der Waals surface area contributed by atoms with Gasteiger partial charge in [-0.05, 0) is 103 Å². The van der Waals surface area contributed by atoms with E-state index in [9.17, 15) is 5.11 Å². The molecule has 3 aliphatic carbocycles. The van der Waals surface area contributed by atoms with Crippen molar-refractivity contribution in [1.82, 2.24) is 10.1 Å². The van der Waals surface area contributed by atoms with Gasteiger partial charge in [-0.1, -0.05) is 63.3 Å². The fraction of sp³-hybridized carbons (Fsp3) is 0.413. The zero-order valence-corrected chi connectivity index (χ0v) is 35.7. The van der Waals surface area contributed by atoms with Gasteiger partial charge in [-0.2, -0.15) is 0 Å². The maximum atomic E-state index is 15.6. The van der Waals surface area contributed by atoms with Crippen LogP contribution in [0, 0.1) is 18.8 Å². The molecular weight excluding hydrogens is 735 g/mol. The second-order valence-corrected chi connectivity index (χ2v) is 22.1. The van der Waals surface area contributed by atoms with E-state index in [1.54, 1.807) is 7.11 Å². The van der Waals surface area contributed by atoms with Crippen molar-refractivity contribution in [3.63, 3.8) is 0 Å². The van der Waals surface area contributed by atoms with Crippen molar-refractivity contribution < 1.29 is 33.1 Å². The van der Waals surface area contributed by atoms with E-state index in [4.69, 9.17) is 18.4 Å². The summed E-state index contributed by atoms with van der Waals surface area (Å²) in [5, 5.41) is 18.9. The van der Waals surface area contributed by atoms with Crippen molar-refractivity contribution in [2.45, 2.75) is 76.9 Å². The Bertz CT molecular complexity index is 2290. The number of aliphatic hydroxyl groups is 1. The van der Waals surface area contributed by atoms with Crippen LogP contribution < -0.4 is 14.4 Å². The average molecular weight is 790 g/mol. The minimum Gasteiger partial charge on any atom is -0.508 e. The van der Waals surface area contributed by atoms with Crippen LogP contribution in [0.4, 0.5) is 5.69 Å². The van der Waals surface area contributed by atoms with Crippen LogP contribution in [0.3, 0.4) is 0 Å². The molecule has 1 N–H and O–H groups in total. The molecule has 4 aromatic rings. The van der Waals surface area contributed by atoms with Gasteiger partial charge in [-0.15, -0.1) is 13.2 Å². The standard InChI is InChI=1S/C46H55N3O7Si/c1-12-21-49(22-13-2)38-31-20-19-30(53-9)25-32(31)27(3)35-33(38)23-29-24-34-39(48(7)8)41-37(44(47-55-41)54-26-28-17-15-14-16-18-28)43(52)46(34,42(51)36(29)40(35)50)56-57(10,11)45(4,5)6/h12-20,25,29,34,39,51H,1-2,21-24,26H2,3-11H3/t29-,34-,39-,46-/m0/s1. The van der Waals surface area contributed by atoms with Gasteiger partial charge < -0.3 is 28.4 Å². The lowest BCUT2D eigenvalue weighted by atomic mass is 9.58. The number of hydrogen-bond acceptors (Lipinski definition) is 10. The number of benzene rings is 3. The quantitative estimate of drug-likeness (QED) is 0.110. The van der Waals surface area contributed by atoms with Gasteiger partial charge in [0.15, 0.2) is 25.5 Å². The first-order valence-corrected chi connectivity index (χ1v) is 22.6. The van der Waals surface area contributed by atoms with E-state index in [2.05, 4.69) is 57.1 Å². The number of aliphatic hydroxyl groups excluding tert-OH is 1. The van der Waals surface area contributed by atoms with Crippen LogP contribution in [0.5, 0.6) is 11.6 Å². The zero-order valence-electron chi connectivity index (χ0n) is 34.7. The molecule has 11 heteroatoms. The molecule has 0 saturated heterocycles. The number of carbonyl (C=O) groups is 2. The Labute approximate surface area is 336 Å². The predicted octanol–water partition coefficient (Wildman–Crippen LogP) is 9.35. The second-order valence-electron chi connectivity index (χ2n) is 17.4. The van der Waals surface area contributed by atoms with Crippen LogP contribution in [0.25, 0.3) is 10.8 Å². The molecule has 0 unspecified atom stereocenters. The van der Waals surface area contributed by atoms with E-state index in [0.29, 0.717) is 43.0 Å². The SMILES string of the molecule is C=CCN(CC=C)c1c2c(c(C)c3cc(OC)ccc13)C(=O)C1=C(O)[C@]3(O[Si](C)(C)C(C)(C)C)C(=O)c4c(OCc5ccccc5)noc4[C@@H](N(C)C)[C@@H]3C[C@@H]1C2. The van der Waals surface area contributed by atoms with E-state index >= 15 is 9.59 Å². The minimum atomic E-state index is -2.87. The number of ketones is 2. The number of carbonyl (C=O) groups excluding carboxylic acids is 2. The van der Waals surface area contributed by atoms with Crippen LogP contribution in [0.2, 0.25) is 18.1 Å². The Kier molecular flexibility index (Phi) is 10.4. The van der Waals surface area contributed by atoms with Crippen LogP contribution in [0.15, 0.2) is 89.7 Å². The van der Waals surface area contributed by atoms with E-state index in [0.717, 1.165) is 33.2 Å². The number of aromatic nitrogens is 1. The summed E-state index contributed by atoms with van der Waals surface area (Å²) in [5.74, 6) is -1.11. The van der Waals surface area contributed by atoms with Gasteiger partial charge in [0.2, 0.25) is 5.78 Å². The highest BCUT2D eigenvalue weighted by Crippen LogP contribution is 2.60. The molecule has 0 aliphatic heterocycles. The first-order chi connectivity index (χ1) is 27.0. The molecule has 1 heterocycles. The predicted molar refractivity (Wildman–Crippen MR) is 226 cm³/mol. The Morgan fingerprint density at radius 1 is 1.04 bits per heavy atom. The smallest absolute Gasteiger partial charge is 0.265 e. The number of hydrogen-bond donors (Lipinski definition) is 1. The van der Waals surface area contributed by atoms with Crippen LogP contribution in [-0.2, 0) is 17.5 Å². The van der Waals surface area contributed by atoms with E-state index < -0.39 is 37.6 Å². The summed E-state index contributed by atoms with van der Waals surface area (Å²) < 4.78 is 25.3. The molecular formula is C46H55N3O7Si. The summed E-state index contributed by atoms with van der Waals surface area (Å²) in [6.07, 6.45) is 4.53. The fourth-order valence-corrected chi connectivity index (χ4v) is 10.6. The van der Waals surface area contributed by atoms with Gasteiger partial charge in [0.05, 0.1) is 13.2 Å². The van der Waals surface area contributed by atoms with E-state index in [1.165, 1.54) is 0 Å². The number of nitrogens with zero attached hydrogens (tertiary/aromatic N) is 3. The van der Waals surface area contributed by atoms with Crippen LogP contribution >= 0.6 is 0 Å². The molecule has 3 aromatic carbocycles. The number of allylic oxidation sites excluding steroid dienone is 1. The molecule has 0 radical (unpaired) electrons. The van der Waals surface area contributed by atoms with Crippen molar-refractivity contribution >= 4 is 36.3 Å². The molecule has 0 saturated carbocycles. The summed E-state index contributed by atoms with van der Waals surface area (Å²) in [6.45, 7) is 21.7. The van der Waals surface area contributed by atoms with Gasteiger partial charge in [-0.3, -0.25) is 14.5 Å². The third-order valence-electron chi connectivity index (χ3n) is 12.8. The van der Waals surface area contributed by atoms with Crippen LogP contribution in [0.1, 0.15) is 76.4 Å². The molecule has 3 aliphatic rings. The van der Waals surface area contributed by atoms with E-state index in [-0.39, 0.29) is 40.2 Å². The largest absolute Gasteiger partial charge is 0.508 e. The highest BCUT2D eigenvalue weighted by molar-refractivity contribution is 6.74. The van der Waals surface area contributed by atoms with Gasteiger partial charge in [-0.25, -0.2) is 0 Å². The number of anilines is 1. The molecule has 300 valence electrons. The first kappa shape index (κ1) is 40.2. The Balaban J connectivity index is 1.49. The summed E-state index contributed by atoms with van der Waals surface area (Å²) in [7, 11) is 2.60. The molecule has 0 fully saturated rings. The Hall–Kier alpha value is -4.97. The Morgan fingerprint density at radius 2 is 1.72 bits per heavy atom. The number of rotatable bonds is 12. The number of Topliss-reactive ketones (excluding diaryl/α,β-unsaturated/α-hetero) is 2. The second kappa shape index (κ2) is 14.8. The maximum absolute atomic E-state index is 15.6. The highest BCUT2D eigenvalue weighted by atomic mass is 28.4. The van der Waals surface area contributed by atoms with Gasteiger partial charge in [0.1, 0.15) is 23.7 Å². The normalized spacial score (nSPS) is 21.8. The van der Waals surface area contributed by atoms with E-state index in [1.807, 2.05) is 86.6 Å². The number of aryl methyl sites for hydroxylation is 1. The summed E-state index contributed by atoms with van der Waals surface area (Å²) in [5.41, 5.74) is 2.48. The molecule has 7 rings (SSSR count). The third-order valence-corrected chi connectivity index (χ3v) is 17.2. The summed E-state index contributed by atoms with van der Waals surface area (Å²) in [4.78, 5) is 35.3. The summed E-state index contributed by atoms with van der Waals surface area (Å²) in [6, 6.07) is 15.0. The lowest BCUT2D eigenvalue weighted by Gasteiger charge is -2.55. The third kappa shape index (κ3) is 6.35. The monoisotopic (exact) mass is 789 g/mol. The lowest BCUT2D eigenvalue weighted by Crippen LogP contribution is -2.65. The maximum Gasteiger partial charge on any atom is 0.265 e. The van der Waals surface area contributed by atoms with Gasteiger partial charge >= 0.3 is 0 Å². The number of methoxy groups -OCH3 is 1. The van der Waals surface area contributed by atoms with Gasteiger partial charge in [0.25, 0.3) is 5.88 Å². The molecule has 57 heavy (non-hydrogen) atoms. The van der Waals surface area contributed by atoms with Crippen molar-refractivity contribution in [2.75, 3.05) is 39.2 Å². The topological polar surface area (TPSA) is 115 Å². The van der Waals surface area contributed by atoms with Crippen LogP contribution in [-0.4, -0.2) is 74.9 Å². The Morgan fingerprint density at radius 3 is 2.33 bits per heavy atom. The molecule has 1 aromatic heterocycles. The fourth-order valence-electron chi connectivity index (χ4n) is 9.10.